The van der Waals surface area contributed by atoms with Crippen molar-refractivity contribution < 1.29 is 22.7 Å². The number of carbonyl (C=O) groups excluding carboxylic acids is 2. The molecule has 0 spiro atoms. The number of sulfone groups is 1. The van der Waals surface area contributed by atoms with Crippen molar-refractivity contribution in [3.63, 3.8) is 0 Å². The summed E-state index contributed by atoms with van der Waals surface area (Å²) in [6, 6.07) is 6.68. The van der Waals surface area contributed by atoms with Crippen molar-refractivity contribution in [3.05, 3.63) is 35.4 Å². The van der Waals surface area contributed by atoms with E-state index in [-0.39, 0.29) is 36.4 Å². The fourth-order valence-electron chi connectivity index (χ4n) is 3.28. The van der Waals surface area contributed by atoms with E-state index in [0.29, 0.717) is 18.1 Å². The molecule has 1 aromatic rings. The molecule has 1 N–H and O–H groups in total. The number of nitrogens with zero attached hydrogens (tertiary/aromatic N) is 1. The molecule has 0 bridgehead atoms. The Hall–Kier alpha value is -1.93. The summed E-state index contributed by atoms with van der Waals surface area (Å²) in [4.78, 5) is 26.5. The van der Waals surface area contributed by atoms with Gasteiger partial charge in [-0.2, -0.15) is 0 Å². The van der Waals surface area contributed by atoms with Crippen molar-refractivity contribution in [1.82, 2.24) is 10.2 Å². The number of hydrogen-bond donors (Lipinski definition) is 1. The van der Waals surface area contributed by atoms with Gasteiger partial charge in [-0.3, -0.25) is 9.59 Å². The molecule has 7 nitrogen and oxygen atoms in total. The number of hydrogen-bond acceptors (Lipinski definition) is 5. The van der Waals surface area contributed by atoms with Gasteiger partial charge in [0, 0.05) is 31.2 Å². The molecule has 0 saturated carbocycles. The highest BCUT2D eigenvalue weighted by molar-refractivity contribution is 7.91. The van der Waals surface area contributed by atoms with Gasteiger partial charge < -0.3 is 15.0 Å². The minimum atomic E-state index is -3.05. The van der Waals surface area contributed by atoms with Crippen LogP contribution < -0.4 is 5.32 Å². The molecule has 0 aromatic heterocycles. The standard InChI is InChI=1S/C18H24N2O5S/c1-13(18(22)20-6-9-26(23,24)10-7-20)19-17(21)15-4-2-3-14(11-15)16-5-8-25-12-16/h2-4,11,13,16H,5-10,12H2,1H3,(H,19,21). The van der Waals surface area contributed by atoms with Gasteiger partial charge in [0.25, 0.3) is 5.91 Å². The average molecular weight is 380 g/mol. The molecular weight excluding hydrogens is 356 g/mol. The van der Waals surface area contributed by atoms with E-state index in [1.54, 1.807) is 13.0 Å². The third kappa shape index (κ3) is 4.42. The van der Waals surface area contributed by atoms with Crippen molar-refractivity contribution in [2.75, 3.05) is 37.8 Å². The first-order valence-electron chi connectivity index (χ1n) is 8.83. The molecule has 2 unspecified atom stereocenters. The molecule has 0 radical (unpaired) electrons. The minimum absolute atomic E-state index is 0.0229. The van der Waals surface area contributed by atoms with E-state index in [0.717, 1.165) is 18.6 Å². The number of amides is 2. The van der Waals surface area contributed by atoms with E-state index in [1.165, 1.54) is 4.90 Å². The lowest BCUT2D eigenvalue weighted by Crippen LogP contribution is -2.51. The summed E-state index contributed by atoms with van der Waals surface area (Å²) in [5.74, 6) is -0.308. The van der Waals surface area contributed by atoms with Gasteiger partial charge in [0.05, 0.1) is 18.1 Å². The highest BCUT2D eigenvalue weighted by atomic mass is 32.2. The SMILES string of the molecule is CC(NC(=O)c1cccc(C2CCOC2)c1)C(=O)N1CCS(=O)(=O)CC1. The zero-order chi connectivity index (χ0) is 18.7. The van der Waals surface area contributed by atoms with Crippen LogP contribution in [0.5, 0.6) is 0 Å². The van der Waals surface area contributed by atoms with Gasteiger partial charge in [-0.05, 0) is 31.0 Å². The fourth-order valence-corrected chi connectivity index (χ4v) is 4.48. The molecule has 2 heterocycles. The van der Waals surface area contributed by atoms with E-state index < -0.39 is 15.9 Å². The summed E-state index contributed by atoms with van der Waals surface area (Å²) in [5.41, 5.74) is 1.57. The minimum Gasteiger partial charge on any atom is -0.381 e. The second kappa shape index (κ2) is 7.75. The quantitative estimate of drug-likeness (QED) is 0.824. The normalized spacial score (nSPS) is 23.4. The second-order valence-electron chi connectivity index (χ2n) is 6.86. The first kappa shape index (κ1) is 18.8. The Morgan fingerprint density at radius 1 is 1.27 bits per heavy atom. The van der Waals surface area contributed by atoms with Gasteiger partial charge in [-0.15, -0.1) is 0 Å². The summed E-state index contributed by atoms with van der Waals surface area (Å²) in [6.07, 6.45) is 0.942. The van der Waals surface area contributed by atoms with Crippen LogP contribution in [0, 0.1) is 0 Å². The maximum absolute atomic E-state index is 12.5. The lowest BCUT2D eigenvalue weighted by Gasteiger charge is -2.29. The maximum atomic E-state index is 12.5. The highest BCUT2D eigenvalue weighted by Crippen LogP contribution is 2.25. The molecule has 142 valence electrons. The van der Waals surface area contributed by atoms with Crippen LogP contribution in [0.15, 0.2) is 24.3 Å². The van der Waals surface area contributed by atoms with E-state index in [4.69, 9.17) is 4.74 Å². The van der Waals surface area contributed by atoms with Crippen LogP contribution >= 0.6 is 0 Å². The monoisotopic (exact) mass is 380 g/mol. The second-order valence-corrected chi connectivity index (χ2v) is 9.16. The number of rotatable bonds is 4. The van der Waals surface area contributed by atoms with Gasteiger partial charge >= 0.3 is 0 Å². The van der Waals surface area contributed by atoms with Crippen LogP contribution in [0.3, 0.4) is 0 Å². The summed E-state index contributed by atoms with van der Waals surface area (Å²) >= 11 is 0. The number of benzene rings is 1. The van der Waals surface area contributed by atoms with Crippen LogP contribution in [0.4, 0.5) is 0 Å². The Morgan fingerprint density at radius 3 is 2.65 bits per heavy atom. The molecule has 2 amide bonds. The lowest BCUT2D eigenvalue weighted by atomic mass is 9.96. The molecule has 8 heteroatoms. The van der Waals surface area contributed by atoms with E-state index >= 15 is 0 Å². The molecule has 2 saturated heterocycles. The largest absolute Gasteiger partial charge is 0.381 e. The van der Waals surface area contributed by atoms with Crippen LogP contribution in [0.25, 0.3) is 0 Å². The predicted octanol–water partition coefficient (Wildman–Crippen LogP) is 0.566. The maximum Gasteiger partial charge on any atom is 0.251 e. The third-order valence-electron chi connectivity index (χ3n) is 4.92. The van der Waals surface area contributed by atoms with Gasteiger partial charge in [-0.1, -0.05) is 12.1 Å². The van der Waals surface area contributed by atoms with Crippen molar-refractivity contribution in [1.29, 1.82) is 0 Å². The van der Waals surface area contributed by atoms with E-state index in [9.17, 15) is 18.0 Å². The molecule has 2 aliphatic rings. The zero-order valence-corrected chi connectivity index (χ0v) is 15.6. The van der Waals surface area contributed by atoms with Crippen molar-refractivity contribution >= 4 is 21.7 Å². The highest BCUT2D eigenvalue weighted by Gasteiger charge is 2.28. The summed E-state index contributed by atoms with van der Waals surface area (Å²) < 4.78 is 28.3. The number of nitrogens with one attached hydrogen (secondary N) is 1. The van der Waals surface area contributed by atoms with E-state index in [1.807, 2.05) is 18.2 Å². The number of carbonyl (C=O) groups is 2. The molecule has 2 fully saturated rings. The molecule has 26 heavy (non-hydrogen) atoms. The number of ether oxygens (including phenoxy) is 1. The summed E-state index contributed by atoms with van der Waals surface area (Å²) in [6.45, 7) is 3.38. The topological polar surface area (TPSA) is 92.8 Å². The Bertz CT molecular complexity index is 773. The molecule has 1 aromatic carbocycles. The average Bonchev–Trinajstić information content (AvgIpc) is 3.16. The zero-order valence-electron chi connectivity index (χ0n) is 14.8. The molecule has 0 aliphatic carbocycles. The predicted molar refractivity (Wildman–Crippen MR) is 96.8 cm³/mol. The van der Waals surface area contributed by atoms with Gasteiger partial charge in [0.2, 0.25) is 5.91 Å². The summed E-state index contributed by atoms with van der Waals surface area (Å²) in [7, 11) is -3.05. The van der Waals surface area contributed by atoms with Gasteiger partial charge in [0.1, 0.15) is 6.04 Å². The van der Waals surface area contributed by atoms with Gasteiger partial charge in [-0.25, -0.2) is 8.42 Å². The molecule has 3 rings (SSSR count). The van der Waals surface area contributed by atoms with Crippen LogP contribution in [-0.2, 0) is 19.4 Å². The van der Waals surface area contributed by atoms with Crippen LogP contribution in [0.1, 0.15) is 35.2 Å². The van der Waals surface area contributed by atoms with E-state index in [2.05, 4.69) is 5.32 Å². The lowest BCUT2D eigenvalue weighted by molar-refractivity contribution is -0.132. The van der Waals surface area contributed by atoms with Crippen LogP contribution in [0.2, 0.25) is 0 Å². The van der Waals surface area contributed by atoms with Crippen molar-refractivity contribution in [2.45, 2.75) is 25.3 Å². The Morgan fingerprint density at radius 2 is 2.00 bits per heavy atom. The third-order valence-corrected chi connectivity index (χ3v) is 6.53. The summed E-state index contributed by atoms with van der Waals surface area (Å²) in [5, 5.41) is 2.72. The van der Waals surface area contributed by atoms with Crippen molar-refractivity contribution in [3.8, 4) is 0 Å². The van der Waals surface area contributed by atoms with Crippen LogP contribution in [-0.4, -0.2) is 69.0 Å². The smallest absolute Gasteiger partial charge is 0.251 e. The fraction of sp³-hybridized carbons (Fsp3) is 0.556. The molecule has 2 aliphatic heterocycles. The Kier molecular flexibility index (Phi) is 5.62. The molecule has 2 atom stereocenters. The Labute approximate surface area is 153 Å². The van der Waals surface area contributed by atoms with Crippen molar-refractivity contribution in [2.24, 2.45) is 0 Å². The Balaban J connectivity index is 1.60. The molecular formula is C18H24N2O5S. The first-order valence-corrected chi connectivity index (χ1v) is 10.7. The first-order chi connectivity index (χ1) is 12.4. The van der Waals surface area contributed by atoms with Gasteiger partial charge in [0.15, 0.2) is 9.84 Å².